The Kier molecular flexibility index (Phi) is 8.08. The van der Waals surface area contributed by atoms with Crippen LogP contribution in [0.4, 0.5) is 0 Å². The van der Waals surface area contributed by atoms with Gasteiger partial charge in [0.15, 0.2) is 0 Å². The van der Waals surface area contributed by atoms with Crippen LogP contribution in [0.25, 0.3) is 0 Å². The maximum atomic E-state index is 13.5. The van der Waals surface area contributed by atoms with E-state index in [1.165, 1.54) is 39.9 Å². The van der Waals surface area contributed by atoms with Crippen molar-refractivity contribution >= 4 is 43.0 Å². The highest BCUT2D eigenvalue weighted by molar-refractivity contribution is 7.89. The zero-order chi connectivity index (χ0) is 24.2. The average molecular weight is 541 g/mol. The van der Waals surface area contributed by atoms with Crippen LogP contribution in [0.15, 0.2) is 75.8 Å². The molecule has 0 bridgehead atoms. The zero-order valence-corrected chi connectivity index (χ0v) is 21.5. The van der Waals surface area contributed by atoms with Gasteiger partial charge in [0.25, 0.3) is 0 Å². The molecule has 1 aromatic heterocycles. The lowest BCUT2D eigenvalue weighted by atomic mass is 10.2. The largest absolute Gasteiger partial charge is 0.377 e. The van der Waals surface area contributed by atoms with Gasteiger partial charge in [-0.15, -0.1) is 11.3 Å². The van der Waals surface area contributed by atoms with Gasteiger partial charge in [-0.05, 0) is 66.2 Å². The number of sulfonamides is 2. The van der Waals surface area contributed by atoms with Crippen molar-refractivity contribution in [2.75, 3.05) is 13.2 Å². The molecule has 0 radical (unpaired) electrons. The summed E-state index contributed by atoms with van der Waals surface area (Å²) in [5.74, 6) is 0. The fourth-order valence-electron chi connectivity index (χ4n) is 3.63. The van der Waals surface area contributed by atoms with E-state index in [0.717, 1.165) is 23.3 Å². The Hall–Kier alpha value is -1.79. The molecule has 0 aliphatic carbocycles. The van der Waals surface area contributed by atoms with Crippen molar-refractivity contribution in [1.29, 1.82) is 0 Å². The SMILES string of the molecule is O=S(=O)(NC[C@@H]1CCCO1)c1ccc(S(=O)(=O)N(Cc2ccc(Cl)cc2)Cc2cccs2)cc1. The van der Waals surface area contributed by atoms with E-state index in [9.17, 15) is 16.8 Å². The Morgan fingerprint density at radius 1 is 0.971 bits per heavy atom. The molecule has 0 unspecified atom stereocenters. The normalized spacial score (nSPS) is 16.8. The molecule has 34 heavy (non-hydrogen) atoms. The molecule has 1 fully saturated rings. The van der Waals surface area contributed by atoms with Crippen molar-refractivity contribution < 1.29 is 21.6 Å². The van der Waals surface area contributed by atoms with Gasteiger partial charge in [-0.3, -0.25) is 0 Å². The minimum Gasteiger partial charge on any atom is -0.377 e. The number of ether oxygens (including phenoxy) is 1. The first-order valence-corrected chi connectivity index (χ1v) is 14.9. The van der Waals surface area contributed by atoms with E-state index < -0.39 is 20.0 Å². The van der Waals surface area contributed by atoms with Crippen molar-refractivity contribution in [3.63, 3.8) is 0 Å². The maximum absolute atomic E-state index is 13.5. The van der Waals surface area contributed by atoms with E-state index in [1.807, 2.05) is 17.5 Å². The zero-order valence-electron chi connectivity index (χ0n) is 18.3. The summed E-state index contributed by atoms with van der Waals surface area (Å²) in [5.41, 5.74) is 0.794. The van der Waals surface area contributed by atoms with Crippen LogP contribution in [0.5, 0.6) is 0 Å². The third kappa shape index (κ3) is 6.25. The highest BCUT2D eigenvalue weighted by Crippen LogP contribution is 2.25. The summed E-state index contributed by atoms with van der Waals surface area (Å²) in [5, 5.41) is 2.47. The van der Waals surface area contributed by atoms with Gasteiger partial charge in [-0.25, -0.2) is 21.6 Å². The van der Waals surface area contributed by atoms with Gasteiger partial charge in [0.05, 0.1) is 15.9 Å². The lowest BCUT2D eigenvalue weighted by Crippen LogP contribution is -2.32. The van der Waals surface area contributed by atoms with Crippen LogP contribution in [0.1, 0.15) is 23.3 Å². The van der Waals surface area contributed by atoms with Crippen LogP contribution in [0, 0.1) is 0 Å². The van der Waals surface area contributed by atoms with Gasteiger partial charge in [0.2, 0.25) is 20.0 Å². The first-order chi connectivity index (χ1) is 16.2. The second kappa shape index (κ2) is 10.9. The Bertz CT molecular complexity index is 1290. The summed E-state index contributed by atoms with van der Waals surface area (Å²) in [4.78, 5) is 0.929. The fraction of sp³-hybridized carbons (Fsp3) is 0.304. The number of thiophene rings is 1. The number of nitrogens with one attached hydrogen (secondary N) is 1. The van der Waals surface area contributed by atoms with Crippen LogP contribution >= 0.6 is 22.9 Å². The van der Waals surface area contributed by atoms with Crippen LogP contribution < -0.4 is 4.72 Å². The molecular weight excluding hydrogens is 516 g/mol. The summed E-state index contributed by atoms with van der Waals surface area (Å²) < 4.78 is 61.7. The topological polar surface area (TPSA) is 92.8 Å². The quantitative estimate of drug-likeness (QED) is 0.415. The summed E-state index contributed by atoms with van der Waals surface area (Å²) in [6, 6.07) is 16.1. The standard InChI is InChI=1S/C23H25ClN2O5S3/c24-19-7-5-18(6-8-19)16-26(17-21-4-2-14-32-21)34(29,30)23-11-9-22(10-12-23)33(27,28)25-15-20-3-1-13-31-20/h2,4-12,14,20,25H,1,3,13,15-17H2/t20-/m0/s1. The molecule has 2 aromatic carbocycles. The molecule has 2 heterocycles. The molecule has 1 aliphatic rings. The molecule has 7 nitrogen and oxygen atoms in total. The summed E-state index contributed by atoms with van der Waals surface area (Å²) in [6.45, 7) is 1.18. The minimum atomic E-state index is -3.90. The van der Waals surface area contributed by atoms with Crippen molar-refractivity contribution in [3.05, 3.63) is 81.5 Å². The number of benzene rings is 2. The van der Waals surface area contributed by atoms with E-state index in [1.54, 1.807) is 24.3 Å². The number of rotatable bonds is 10. The van der Waals surface area contributed by atoms with Crippen LogP contribution in [-0.4, -0.2) is 40.4 Å². The highest BCUT2D eigenvalue weighted by Gasteiger charge is 2.27. The number of halogens is 1. The molecule has 4 rings (SSSR count). The van der Waals surface area contributed by atoms with Gasteiger partial charge in [-0.2, -0.15) is 4.31 Å². The molecule has 11 heteroatoms. The molecule has 0 saturated carbocycles. The second-order valence-corrected chi connectivity index (χ2v) is 13.1. The minimum absolute atomic E-state index is 0.00644. The molecule has 3 aromatic rings. The monoisotopic (exact) mass is 540 g/mol. The predicted octanol–water partition coefficient (Wildman–Crippen LogP) is 4.25. The predicted molar refractivity (Wildman–Crippen MR) is 133 cm³/mol. The molecular formula is C23H25ClN2O5S3. The number of hydrogen-bond acceptors (Lipinski definition) is 6. The van der Waals surface area contributed by atoms with Crippen molar-refractivity contribution in [2.45, 2.75) is 41.8 Å². The lowest BCUT2D eigenvalue weighted by molar-refractivity contribution is 0.114. The van der Waals surface area contributed by atoms with Gasteiger partial charge >= 0.3 is 0 Å². The van der Waals surface area contributed by atoms with Crippen LogP contribution in [0.3, 0.4) is 0 Å². The molecule has 1 N–H and O–H groups in total. The molecule has 1 aliphatic heterocycles. The third-order valence-electron chi connectivity index (χ3n) is 5.48. The maximum Gasteiger partial charge on any atom is 0.243 e. The first-order valence-electron chi connectivity index (χ1n) is 10.7. The molecule has 1 saturated heterocycles. The van der Waals surface area contributed by atoms with Crippen LogP contribution in [0.2, 0.25) is 5.02 Å². The summed E-state index contributed by atoms with van der Waals surface area (Å²) in [6.07, 6.45) is 1.60. The van der Waals surface area contributed by atoms with Gasteiger partial charge < -0.3 is 4.74 Å². The summed E-state index contributed by atoms with van der Waals surface area (Å²) >= 11 is 7.44. The molecule has 0 amide bonds. The molecule has 1 atom stereocenters. The van der Waals surface area contributed by atoms with Crippen molar-refractivity contribution in [3.8, 4) is 0 Å². The van der Waals surface area contributed by atoms with Crippen LogP contribution in [-0.2, 0) is 37.9 Å². The third-order valence-corrected chi connectivity index (χ3v) is 9.84. The van der Waals surface area contributed by atoms with Crippen molar-refractivity contribution in [1.82, 2.24) is 9.03 Å². The van der Waals surface area contributed by atoms with Gasteiger partial charge in [0.1, 0.15) is 0 Å². The average Bonchev–Trinajstić information content (AvgIpc) is 3.53. The van der Waals surface area contributed by atoms with Crippen molar-refractivity contribution in [2.24, 2.45) is 0 Å². The first kappa shape index (κ1) is 25.3. The molecule has 182 valence electrons. The van der Waals surface area contributed by atoms with E-state index in [2.05, 4.69) is 4.72 Å². The Labute approximate surface area is 209 Å². The highest BCUT2D eigenvalue weighted by atomic mass is 35.5. The molecule has 0 spiro atoms. The van der Waals surface area contributed by atoms with E-state index >= 15 is 0 Å². The van der Waals surface area contributed by atoms with E-state index in [4.69, 9.17) is 16.3 Å². The Morgan fingerprint density at radius 3 is 2.29 bits per heavy atom. The van der Waals surface area contributed by atoms with Gasteiger partial charge in [-0.1, -0.05) is 29.8 Å². The lowest BCUT2D eigenvalue weighted by Gasteiger charge is -2.22. The summed E-state index contributed by atoms with van der Waals surface area (Å²) in [7, 11) is -7.67. The number of hydrogen-bond donors (Lipinski definition) is 1. The Balaban J connectivity index is 1.54. The van der Waals surface area contributed by atoms with E-state index in [-0.39, 0.29) is 35.5 Å². The Morgan fingerprint density at radius 2 is 1.68 bits per heavy atom. The van der Waals surface area contributed by atoms with Gasteiger partial charge in [0, 0.05) is 36.1 Å². The van der Waals surface area contributed by atoms with E-state index in [0.29, 0.717) is 11.6 Å². The fourth-order valence-corrected chi connectivity index (χ4v) is 7.03. The smallest absolute Gasteiger partial charge is 0.243 e. The second-order valence-electron chi connectivity index (χ2n) is 7.94. The number of nitrogens with zero attached hydrogens (tertiary/aromatic N) is 1.